The molecule has 2 saturated carbocycles. The Bertz CT molecular complexity index is 1400. The predicted octanol–water partition coefficient (Wildman–Crippen LogP) is 8.00. The molecule has 288 valence electrons. The standard InChI is InChI=1S/C39H58F3NO8/c1-8-19-43(22-26-30-14-12-23(2)27-15-17-34(5)46-32(37(27,30)49-34)45-31(26)39(40,41)42)20-9-10-21-44-36(7)25(4)29-13-11-24(3)28-16-18-35(6)47-33(48-36)38(28,29)51-50-35/h8,23-25,27-30,32-33H,1,9-22H2,2-7H3/t23-,24-,25-,27+,28+,29+,30+,32-,33+,34+,35+,36+,37-,38-/m1/s1. The quantitative estimate of drug-likeness (QED) is 0.127. The van der Waals surface area contributed by atoms with Gasteiger partial charge in [0.05, 0.1) is 6.61 Å². The van der Waals surface area contributed by atoms with Crippen LogP contribution in [0, 0.1) is 41.4 Å². The maximum Gasteiger partial charge on any atom is 0.449 e. The normalized spacial score (nSPS) is 50.0. The van der Waals surface area contributed by atoms with Gasteiger partial charge in [-0.05, 0) is 108 Å². The van der Waals surface area contributed by atoms with Crippen LogP contribution in [0.25, 0.3) is 0 Å². The van der Waals surface area contributed by atoms with Gasteiger partial charge in [0, 0.05) is 43.7 Å². The third-order valence-corrected chi connectivity index (χ3v) is 14.5. The van der Waals surface area contributed by atoms with Gasteiger partial charge in [0.2, 0.25) is 17.8 Å². The number of hydrogen-bond acceptors (Lipinski definition) is 9. The number of allylic oxidation sites excluding steroid dienone is 1. The molecule has 6 saturated heterocycles. The molecule has 51 heavy (non-hydrogen) atoms. The summed E-state index contributed by atoms with van der Waals surface area (Å²) in [6.07, 6.45) is 3.69. The molecule has 9 aliphatic rings. The Labute approximate surface area is 300 Å². The van der Waals surface area contributed by atoms with E-state index in [0.717, 1.165) is 44.9 Å². The van der Waals surface area contributed by atoms with Crippen LogP contribution in [0.5, 0.6) is 0 Å². The van der Waals surface area contributed by atoms with Gasteiger partial charge in [-0.1, -0.05) is 26.8 Å². The first-order valence-electron chi connectivity index (χ1n) is 19.6. The van der Waals surface area contributed by atoms with E-state index in [0.29, 0.717) is 50.8 Å². The van der Waals surface area contributed by atoms with Crippen LogP contribution in [0.2, 0.25) is 0 Å². The van der Waals surface area contributed by atoms with Gasteiger partial charge < -0.3 is 28.4 Å². The first-order valence-corrected chi connectivity index (χ1v) is 19.6. The van der Waals surface area contributed by atoms with Crippen LogP contribution < -0.4 is 0 Å². The molecule has 14 atom stereocenters. The molecular formula is C39H58F3NO8. The lowest BCUT2D eigenvalue weighted by Crippen LogP contribution is -2.72. The van der Waals surface area contributed by atoms with E-state index in [1.807, 2.05) is 25.7 Å². The van der Waals surface area contributed by atoms with Crippen molar-refractivity contribution in [3.05, 3.63) is 24.0 Å². The molecule has 9 nitrogen and oxygen atoms in total. The van der Waals surface area contributed by atoms with Gasteiger partial charge >= 0.3 is 6.18 Å². The maximum atomic E-state index is 14.7. The minimum absolute atomic E-state index is 0.0309. The summed E-state index contributed by atoms with van der Waals surface area (Å²) in [5.74, 6) is -2.67. The second-order valence-corrected chi connectivity index (χ2v) is 17.7. The number of halogens is 3. The van der Waals surface area contributed by atoms with Gasteiger partial charge in [-0.3, -0.25) is 4.90 Å². The zero-order valence-electron chi connectivity index (χ0n) is 31.2. The van der Waals surface area contributed by atoms with Crippen LogP contribution >= 0.6 is 0 Å². The van der Waals surface area contributed by atoms with Crippen molar-refractivity contribution in [1.82, 2.24) is 4.90 Å². The van der Waals surface area contributed by atoms with E-state index in [9.17, 15) is 13.2 Å². The summed E-state index contributed by atoms with van der Waals surface area (Å²) in [6.45, 7) is 18.0. The molecule has 0 aromatic rings. The molecule has 7 heterocycles. The summed E-state index contributed by atoms with van der Waals surface area (Å²) < 4.78 is 82.8. The SMILES string of the molecule is C=CCN(CCCCO[C@@]1(C)O[C@@H]2O[C@]3(C)CC[C@H]4[C@H](C)CC[C@@H]([C@H]1C)[C@@]24OO3)CC1=C(C(F)(F)F)O[C@@H]2O[C@]3(C)CC[C@H]4[C@H](C)CC[C@@H]1[C@@]24O3. The highest BCUT2D eigenvalue weighted by Crippen LogP contribution is 2.65. The van der Waals surface area contributed by atoms with Gasteiger partial charge in [-0.25, -0.2) is 9.78 Å². The van der Waals surface area contributed by atoms with Crippen molar-refractivity contribution in [2.45, 2.75) is 153 Å². The molecule has 0 unspecified atom stereocenters. The molecule has 9 rings (SSSR count). The average molecular weight is 726 g/mol. The monoisotopic (exact) mass is 725 g/mol. The van der Waals surface area contributed by atoms with Crippen LogP contribution in [0.4, 0.5) is 13.2 Å². The fourth-order valence-electron chi connectivity index (χ4n) is 11.8. The molecule has 2 spiro atoms. The lowest BCUT2D eigenvalue weighted by molar-refractivity contribution is -0.585. The Balaban J connectivity index is 0.945. The summed E-state index contributed by atoms with van der Waals surface area (Å²) in [6, 6.07) is 0. The van der Waals surface area contributed by atoms with Crippen molar-refractivity contribution in [2.24, 2.45) is 41.4 Å². The largest absolute Gasteiger partial charge is 0.456 e. The Morgan fingerprint density at radius 1 is 0.824 bits per heavy atom. The maximum absolute atomic E-state index is 14.7. The van der Waals surface area contributed by atoms with Crippen molar-refractivity contribution in [3.8, 4) is 0 Å². The summed E-state index contributed by atoms with van der Waals surface area (Å²) >= 11 is 0. The predicted molar refractivity (Wildman–Crippen MR) is 179 cm³/mol. The Morgan fingerprint density at radius 3 is 2.24 bits per heavy atom. The highest BCUT2D eigenvalue weighted by Gasteiger charge is 2.73. The van der Waals surface area contributed by atoms with E-state index in [-0.39, 0.29) is 35.8 Å². The van der Waals surface area contributed by atoms with E-state index >= 15 is 0 Å². The second-order valence-electron chi connectivity index (χ2n) is 17.7. The van der Waals surface area contributed by atoms with E-state index in [2.05, 4.69) is 27.4 Å². The van der Waals surface area contributed by atoms with E-state index in [4.69, 9.17) is 38.2 Å². The van der Waals surface area contributed by atoms with E-state index < -0.39 is 59.0 Å². The minimum Gasteiger partial charge on any atom is -0.456 e. The lowest BCUT2D eigenvalue weighted by Gasteiger charge is -2.62. The average Bonchev–Trinajstić information content (AvgIpc) is 3.13. The van der Waals surface area contributed by atoms with Crippen molar-refractivity contribution in [2.75, 3.05) is 26.2 Å². The first kappa shape index (κ1) is 36.7. The van der Waals surface area contributed by atoms with Gasteiger partial charge in [0.1, 0.15) is 5.60 Å². The highest BCUT2D eigenvalue weighted by molar-refractivity contribution is 5.30. The lowest BCUT2D eigenvalue weighted by atomic mass is 9.57. The number of nitrogens with zero attached hydrogens (tertiary/aromatic N) is 1. The van der Waals surface area contributed by atoms with Crippen LogP contribution in [0.15, 0.2) is 24.0 Å². The fourth-order valence-corrected chi connectivity index (χ4v) is 11.8. The molecule has 0 aromatic carbocycles. The van der Waals surface area contributed by atoms with Crippen molar-refractivity contribution in [1.29, 1.82) is 0 Å². The Kier molecular flexibility index (Phi) is 9.10. The van der Waals surface area contributed by atoms with Crippen LogP contribution in [-0.4, -0.2) is 78.5 Å². The molecule has 4 bridgehead atoms. The third kappa shape index (κ3) is 5.70. The number of rotatable bonds is 10. The van der Waals surface area contributed by atoms with Crippen LogP contribution in [0.1, 0.15) is 106 Å². The van der Waals surface area contributed by atoms with Crippen LogP contribution in [0.3, 0.4) is 0 Å². The molecule has 8 fully saturated rings. The number of fused-ring (bicyclic) bond motifs is 3. The van der Waals surface area contributed by atoms with Crippen molar-refractivity contribution >= 4 is 0 Å². The van der Waals surface area contributed by atoms with Crippen molar-refractivity contribution in [3.63, 3.8) is 0 Å². The Morgan fingerprint density at radius 2 is 1.51 bits per heavy atom. The molecule has 0 radical (unpaired) electrons. The number of ether oxygens (including phenoxy) is 6. The molecule has 0 amide bonds. The molecular weight excluding hydrogens is 667 g/mol. The van der Waals surface area contributed by atoms with Gasteiger partial charge in [0.25, 0.3) is 0 Å². The molecule has 12 heteroatoms. The summed E-state index contributed by atoms with van der Waals surface area (Å²) in [7, 11) is 0. The fraction of sp³-hybridized carbons (Fsp3) is 0.897. The molecule has 0 N–H and O–H groups in total. The summed E-state index contributed by atoms with van der Waals surface area (Å²) in [4.78, 5) is 14.3. The Hall–Kier alpha value is -1.25. The second kappa shape index (κ2) is 12.6. The van der Waals surface area contributed by atoms with Crippen molar-refractivity contribution < 1.29 is 51.4 Å². The third-order valence-electron chi connectivity index (χ3n) is 14.5. The first-order chi connectivity index (χ1) is 24.1. The topological polar surface area (TPSA) is 77.1 Å². The summed E-state index contributed by atoms with van der Waals surface area (Å²) in [5.41, 5.74) is -1.28. The molecule has 7 aliphatic heterocycles. The van der Waals surface area contributed by atoms with Gasteiger partial charge in [-0.2, -0.15) is 13.2 Å². The van der Waals surface area contributed by atoms with E-state index in [1.165, 1.54) is 0 Å². The smallest absolute Gasteiger partial charge is 0.449 e. The number of alkyl halides is 3. The highest BCUT2D eigenvalue weighted by atomic mass is 19.4. The van der Waals surface area contributed by atoms with Crippen LogP contribution in [-0.2, 0) is 38.2 Å². The molecule has 2 aliphatic carbocycles. The zero-order chi connectivity index (χ0) is 36.2. The van der Waals surface area contributed by atoms with Gasteiger partial charge in [0.15, 0.2) is 23.5 Å². The van der Waals surface area contributed by atoms with E-state index in [1.54, 1.807) is 6.08 Å². The number of hydrogen-bond donors (Lipinski definition) is 0. The number of unbranched alkanes of at least 4 members (excludes halogenated alkanes) is 1. The molecule has 0 aromatic heterocycles. The zero-order valence-corrected chi connectivity index (χ0v) is 31.2. The minimum atomic E-state index is -4.64. The van der Waals surface area contributed by atoms with Gasteiger partial charge in [-0.15, -0.1) is 6.58 Å². The summed E-state index contributed by atoms with van der Waals surface area (Å²) in [5, 5.41) is 0.